The molecule has 5 atom stereocenters. The van der Waals surface area contributed by atoms with Gasteiger partial charge in [-0.15, -0.1) is 0 Å². The molecule has 2 saturated carbocycles. The van der Waals surface area contributed by atoms with Gasteiger partial charge in [0.15, 0.2) is 0 Å². The van der Waals surface area contributed by atoms with Gasteiger partial charge in [-0.3, -0.25) is 0 Å². The number of fused-ring (bicyclic) bond motifs is 2. The summed E-state index contributed by atoms with van der Waals surface area (Å²) in [6, 6.07) is 19.9. The van der Waals surface area contributed by atoms with Crippen molar-refractivity contribution < 1.29 is 13.5 Å². The van der Waals surface area contributed by atoms with Crippen LogP contribution < -0.4 is 0 Å². The molecule has 4 rings (SSSR count). The predicted molar refractivity (Wildman–Crippen MR) is 131 cm³/mol. The normalized spacial score (nSPS) is 28.5. The maximum atomic E-state index is 14.2. The summed E-state index contributed by atoms with van der Waals surface area (Å²) in [7, 11) is -4.03. The van der Waals surface area contributed by atoms with Crippen LogP contribution in [0.15, 0.2) is 78.2 Å². The number of benzene rings is 2. The molecule has 2 aromatic carbocycles. The molecule has 0 saturated heterocycles. The Balaban J connectivity index is 1.85. The summed E-state index contributed by atoms with van der Waals surface area (Å²) in [6.07, 6.45) is 3.85. The first-order valence-corrected chi connectivity index (χ1v) is 14.9. The number of aliphatic hydroxyl groups excluding tert-OH is 1. The van der Waals surface area contributed by atoms with Gasteiger partial charge in [-0.2, -0.15) is 0 Å². The Morgan fingerprint density at radius 3 is 2.30 bits per heavy atom. The predicted octanol–water partition coefficient (Wildman–Crippen LogP) is 4.96. The topological polar surface area (TPSA) is 78.2 Å². The van der Waals surface area contributed by atoms with Crippen molar-refractivity contribution in [3.63, 3.8) is 0 Å². The van der Waals surface area contributed by atoms with Gasteiger partial charge in [0.1, 0.15) is 0 Å². The standard InChI is InChI=1S/C27H31NO3SSe/c1-4-23(20-11-7-5-8-12-20)27(18-28,32(30,31)22-13-9-6-10-14-22)33-19-26-16-15-21(17-24(26)29)25(26,2)3/h4-14,21,23-24,29H,1,15-17,19H2,2-3H3/t21-,23-,24-,26-,27+/m1/s1. The molecule has 0 aliphatic heterocycles. The number of rotatable bonds is 8. The monoisotopic (exact) mass is 529 g/mol. The first-order chi connectivity index (χ1) is 15.7. The van der Waals surface area contributed by atoms with Gasteiger partial charge >= 0.3 is 204 Å². The number of nitrogens with zero attached hydrogens (tertiary/aromatic N) is 1. The van der Waals surface area contributed by atoms with E-state index in [1.165, 1.54) is 0 Å². The summed E-state index contributed by atoms with van der Waals surface area (Å²) in [5.74, 6) is -0.237. The van der Waals surface area contributed by atoms with Crippen molar-refractivity contribution in [1.29, 1.82) is 5.26 Å². The second kappa shape index (κ2) is 8.71. The number of hydrogen-bond donors (Lipinski definition) is 1. The molecule has 0 aromatic heterocycles. The summed E-state index contributed by atoms with van der Waals surface area (Å²) in [4.78, 5) is 0.157. The molecule has 0 unspecified atom stereocenters. The number of allylic oxidation sites excluding steroid dienone is 1. The third kappa shape index (κ3) is 3.53. The Bertz CT molecular complexity index is 1160. The van der Waals surface area contributed by atoms with Gasteiger partial charge in [-0.25, -0.2) is 0 Å². The van der Waals surface area contributed by atoms with E-state index < -0.39 is 40.5 Å². The first-order valence-electron chi connectivity index (χ1n) is 11.4. The van der Waals surface area contributed by atoms with Gasteiger partial charge in [0.25, 0.3) is 0 Å². The fourth-order valence-corrected chi connectivity index (χ4v) is 13.1. The number of aliphatic hydroxyl groups is 1. The number of nitriles is 1. The SMILES string of the molecule is C=C[C@H](c1ccccc1)[C@](C#N)([Se]C[C@]12CC[C@H](C[C@H]1O)C2(C)C)S(=O)(=O)c1ccccc1. The summed E-state index contributed by atoms with van der Waals surface area (Å²) in [5.41, 5.74) is 0.333. The average Bonchev–Trinajstić information content (AvgIpc) is 3.18. The van der Waals surface area contributed by atoms with Gasteiger partial charge in [0.05, 0.1) is 0 Å². The zero-order chi connectivity index (χ0) is 23.9. The second-order valence-electron chi connectivity index (χ2n) is 9.87. The molecule has 2 fully saturated rings. The molecule has 1 N–H and O–H groups in total. The van der Waals surface area contributed by atoms with Gasteiger partial charge in [-0.05, 0) is 0 Å². The molecule has 2 bridgehead atoms. The molecule has 0 spiro atoms. The van der Waals surface area contributed by atoms with Crippen molar-refractivity contribution in [2.24, 2.45) is 16.7 Å². The fourth-order valence-electron chi connectivity index (χ4n) is 6.06. The third-order valence-electron chi connectivity index (χ3n) is 8.34. The Morgan fingerprint density at radius 2 is 1.82 bits per heavy atom. The van der Waals surface area contributed by atoms with E-state index >= 15 is 0 Å². The Hall–Kier alpha value is -1.90. The van der Waals surface area contributed by atoms with Crippen LogP contribution in [-0.2, 0) is 9.84 Å². The zero-order valence-corrected chi connectivity index (χ0v) is 21.7. The molecule has 33 heavy (non-hydrogen) atoms. The molecule has 2 aliphatic rings. The Kier molecular flexibility index (Phi) is 6.39. The molecule has 0 amide bonds. The summed E-state index contributed by atoms with van der Waals surface area (Å²) in [5, 5.41) is 22.3. The van der Waals surface area contributed by atoms with Gasteiger partial charge < -0.3 is 0 Å². The molecule has 6 heteroatoms. The van der Waals surface area contributed by atoms with Crippen LogP contribution in [0.5, 0.6) is 0 Å². The van der Waals surface area contributed by atoms with Crippen LogP contribution in [0, 0.1) is 28.1 Å². The molecule has 0 heterocycles. The zero-order valence-electron chi connectivity index (χ0n) is 19.1. The van der Waals surface area contributed by atoms with E-state index in [0.717, 1.165) is 24.8 Å². The van der Waals surface area contributed by atoms with E-state index in [1.54, 1.807) is 36.4 Å². The van der Waals surface area contributed by atoms with Crippen molar-refractivity contribution in [1.82, 2.24) is 0 Å². The van der Waals surface area contributed by atoms with Gasteiger partial charge in [0, 0.05) is 0 Å². The molecule has 2 aliphatic carbocycles. The van der Waals surface area contributed by atoms with E-state index in [1.807, 2.05) is 30.3 Å². The van der Waals surface area contributed by atoms with Crippen molar-refractivity contribution in [3.8, 4) is 6.07 Å². The molecule has 2 aromatic rings. The van der Waals surface area contributed by atoms with Crippen LogP contribution >= 0.6 is 0 Å². The van der Waals surface area contributed by atoms with E-state index in [2.05, 4.69) is 26.5 Å². The minimum atomic E-state index is -4.03. The van der Waals surface area contributed by atoms with E-state index in [-0.39, 0.29) is 15.7 Å². The van der Waals surface area contributed by atoms with E-state index in [9.17, 15) is 18.8 Å². The Morgan fingerprint density at radius 1 is 1.21 bits per heavy atom. The van der Waals surface area contributed by atoms with Crippen LogP contribution in [0.2, 0.25) is 5.32 Å². The fraction of sp³-hybridized carbons (Fsp3) is 0.444. The first kappa shape index (κ1) is 24.2. The van der Waals surface area contributed by atoms with Crippen LogP contribution in [0.1, 0.15) is 44.6 Å². The van der Waals surface area contributed by atoms with Crippen molar-refractivity contribution in [2.75, 3.05) is 0 Å². The number of sulfone groups is 1. The van der Waals surface area contributed by atoms with Crippen LogP contribution in [0.4, 0.5) is 0 Å². The number of hydrogen-bond acceptors (Lipinski definition) is 4. The molecule has 4 nitrogen and oxygen atoms in total. The average molecular weight is 529 g/mol. The Labute approximate surface area is 203 Å². The van der Waals surface area contributed by atoms with E-state index in [4.69, 9.17) is 0 Å². The molecule has 174 valence electrons. The quantitative estimate of drug-likeness (QED) is 0.388. The van der Waals surface area contributed by atoms with Crippen LogP contribution in [0.3, 0.4) is 0 Å². The molecular weight excluding hydrogens is 497 g/mol. The van der Waals surface area contributed by atoms with Gasteiger partial charge in [0.2, 0.25) is 0 Å². The maximum absolute atomic E-state index is 14.2. The third-order valence-corrected chi connectivity index (χ3v) is 15.4. The summed E-state index contributed by atoms with van der Waals surface area (Å²) < 4.78 is 26.7. The van der Waals surface area contributed by atoms with Crippen LogP contribution in [-0.4, -0.2) is 38.2 Å². The van der Waals surface area contributed by atoms with Crippen molar-refractivity contribution >= 4 is 24.8 Å². The van der Waals surface area contributed by atoms with Crippen LogP contribution in [0.25, 0.3) is 0 Å². The van der Waals surface area contributed by atoms with Crippen molar-refractivity contribution in [3.05, 3.63) is 78.9 Å². The van der Waals surface area contributed by atoms with Crippen molar-refractivity contribution in [2.45, 2.75) is 59.0 Å². The second-order valence-corrected chi connectivity index (χ2v) is 15.1. The molecule has 0 radical (unpaired) electrons. The minimum absolute atomic E-state index is 0.0811. The summed E-state index contributed by atoms with van der Waals surface area (Å²) >= 11 is -0.636. The van der Waals surface area contributed by atoms with Gasteiger partial charge in [-0.1, -0.05) is 0 Å². The van der Waals surface area contributed by atoms with E-state index in [0.29, 0.717) is 11.2 Å². The summed E-state index contributed by atoms with van der Waals surface area (Å²) in [6.45, 7) is 8.39. The molecular formula is C27H31NO3SSe.